The first-order valence-electron chi connectivity index (χ1n) is 6.04. The van der Waals surface area contributed by atoms with Crippen LogP contribution in [0.3, 0.4) is 0 Å². The summed E-state index contributed by atoms with van der Waals surface area (Å²) in [5.74, 6) is 3.00. The van der Waals surface area contributed by atoms with E-state index in [0.717, 1.165) is 11.8 Å². The first kappa shape index (κ1) is 9.85. The maximum absolute atomic E-state index is 4.62. The van der Waals surface area contributed by atoms with Crippen molar-refractivity contribution in [2.45, 2.75) is 23.8 Å². The Balaban J connectivity index is 1.66. The number of nitrogens with zero attached hydrogens (tertiary/aromatic N) is 3. The Hall–Kier alpha value is -0.130. The van der Waals surface area contributed by atoms with Gasteiger partial charge in [0.05, 0.1) is 17.4 Å². The van der Waals surface area contributed by atoms with Crippen LogP contribution >= 0.6 is 23.5 Å². The molecule has 1 aromatic rings. The van der Waals surface area contributed by atoms with Gasteiger partial charge < -0.3 is 4.90 Å². The smallest absolute Gasteiger partial charge is 0.134 e. The summed E-state index contributed by atoms with van der Waals surface area (Å²) in [5.41, 5.74) is 1.80. The fraction of sp³-hybridized carbons (Fsp3) is 0.818. The molecule has 0 N–H and O–H groups in total. The number of thioether (sulfide) groups is 1. The van der Waals surface area contributed by atoms with E-state index in [-0.39, 0.29) is 0 Å². The molecule has 5 heteroatoms. The minimum atomic E-state index is 0.447. The van der Waals surface area contributed by atoms with Crippen molar-refractivity contribution < 1.29 is 0 Å². The first-order chi connectivity index (χ1) is 7.86. The lowest BCUT2D eigenvalue weighted by molar-refractivity contribution is 0.405. The molecule has 1 aliphatic carbocycles. The van der Waals surface area contributed by atoms with Crippen molar-refractivity contribution in [3.63, 3.8) is 0 Å². The van der Waals surface area contributed by atoms with Crippen molar-refractivity contribution in [2.24, 2.45) is 11.8 Å². The van der Waals surface area contributed by atoms with Gasteiger partial charge in [-0.25, -0.2) is 0 Å². The highest BCUT2D eigenvalue weighted by Gasteiger charge is 2.76. The van der Waals surface area contributed by atoms with Crippen molar-refractivity contribution in [1.82, 2.24) is 13.6 Å². The van der Waals surface area contributed by atoms with Gasteiger partial charge in [0.15, 0.2) is 0 Å². The summed E-state index contributed by atoms with van der Waals surface area (Å²) < 4.78 is 9.12. The summed E-state index contributed by atoms with van der Waals surface area (Å²) in [5, 5.41) is 1.24. The van der Waals surface area contributed by atoms with Gasteiger partial charge >= 0.3 is 0 Å². The van der Waals surface area contributed by atoms with E-state index in [2.05, 4.69) is 20.6 Å². The predicted octanol–water partition coefficient (Wildman–Crippen LogP) is 1.85. The zero-order chi connectivity index (χ0) is 10.8. The molecule has 4 fully saturated rings. The first-order valence-corrected chi connectivity index (χ1v) is 7.76. The van der Waals surface area contributed by atoms with Crippen molar-refractivity contribution >= 4 is 23.5 Å². The second kappa shape index (κ2) is 3.21. The predicted molar refractivity (Wildman–Crippen MR) is 66.0 cm³/mol. The summed E-state index contributed by atoms with van der Waals surface area (Å²) in [6.07, 6.45) is 1.22. The molecule has 4 heterocycles. The molecule has 4 bridgehead atoms. The molecule has 1 aromatic heterocycles. The second-order valence-corrected chi connectivity index (χ2v) is 6.83. The SMILES string of the molecule is CCCSc1nsnc1C12CN3C[C@@H]1[C@@H]2C3. The van der Waals surface area contributed by atoms with Crippen molar-refractivity contribution in [1.29, 1.82) is 0 Å². The van der Waals surface area contributed by atoms with Crippen LogP contribution in [0.4, 0.5) is 0 Å². The molecule has 3 aliphatic heterocycles. The minimum absolute atomic E-state index is 0.447. The summed E-state index contributed by atoms with van der Waals surface area (Å²) in [4.78, 5) is 2.60. The van der Waals surface area contributed by atoms with Crippen LogP contribution in [0.1, 0.15) is 19.0 Å². The van der Waals surface area contributed by atoms with E-state index in [1.54, 1.807) is 0 Å². The highest BCUT2D eigenvalue weighted by Crippen LogP contribution is 2.69. The zero-order valence-electron chi connectivity index (χ0n) is 9.35. The molecule has 0 radical (unpaired) electrons. The molecular formula is C11H15N3S2. The quantitative estimate of drug-likeness (QED) is 0.766. The van der Waals surface area contributed by atoms with E-state index in [9.17, 15) is 0 Å². The van der Waals surface area contributed by atoms with Gasteiger partial charge in [0.25, 0.3) is 0 Å². The molecular weight excluding hydrogens is 238 g/mol. The largest absolute Gasteiger partial charge is 0.302 e. The molecule has 4 atom stereocenters. The summed E-state index contributed by atoms with van der Waals surface area (Å²) in [6.45, 7) is 6.12. The molecule has 0 spiro atoms. The number of rotatable bonds is 4. The summed E-state index contributed by atoms with van der Waals surface area (Å²) in [7, 11) is 0. The Morgan fingerprint density at radius 3 is 2.88 bits per heavy atom. The van der Waals surface area contributed by atoms with Gasteiger partial charge in [-0.1, -0.05) is 6.92 Å². The molecule has 1 saturated carbocycles. The molecule has 4 aliphatic rings. The fourth-order valence-electron chi connectivity index (χ4n) is 3.73. The topological polar surface area (TPSA) is 29.0 Å². The Kier molecular flexibility index (Phi) is 1.97. The summed E-state index contributed by atoms with van der Waals surface area (Å²) >= 11 is 3.31. The standard InChI is InChI=1S/C11H15N3S2/c1-2-3-15-10-9(12-16-13-10)11-6-14-4-7(11)8(11)5-14/h7-8H,2-6H2,1H3/t7-,8+,11?. The third kappa shape index (κ3) is 1.05. The number of aromatic nitrogens is 2. The van der Waals surface area contributed by atoms with Crippen LogP contribution < -0.4 is 0 Å². The van der Waals surface area contributed by atoms with E-state index < -0.39 is 0 Å². The average Bonchev–Trinajstić information content (AvgIpc) is 2.90. The maximum Gasteiger partial charge on any atom is 0.134 e. The van der Waals surface area contributed by atoms with Crippen LogP contribution in [-0.2, 0) is 5.41 Å². The lowest BCUT2D eigenvalue weighted by atomic mass is 10.0. The molecule has 3 nitrogen and oxygen atoms in total. The third-order valence-corrected chi connectivity index (χ3v) is 6.25. The third-order valence-electron chi connectivity index (χ3n) is 4.44. The van der Waals surface area contributed by atoms with E-state index in [1.807, 2.05) is 11.8 Å². The van der Waals surface area contributed by atoms with Gasteiger partial charge in [0, 0.05) is 25.0 Å². The highest BCUT2D eigenvalue weighted by atomic mass is 32.2. The van der Waals surface area contributed by atoms with E-state index in [4.69, 9.17) is 0 Å². The Labute approximate surface area is 104 Å². The maximum atomic E-state index is 4.62. The van der Waals surface area contributed by atoms with Crippen molar-refractivity contribution in [3.8, 4) is 0 Å². The lowest BCUT2D eigenvalue weighted by Gasteiger charge is -2.09. The van der Waals surface area contributed by atoms with Gasteiger partial charge in [-0.05, 0) is 24.0 Å². The molecule has 86 valence electrons. The number of hydrogen-bond acceptors (Lipinski definition) is 5. The molecule has 3 saturated heterocycles. The fourth-order valence-corrected chi connectivity index (χ4v) is 5.41. The van der Waals surface area contributed by atoms with E-state index >= 15 is 0 Å². The molecule has 0 amide bonds. The van der Waals surface area contributed by atoms with Crippen LogP contribution in [0.2, 0.25) is 0 Å². The van der Waals surface area contributed by atoms with Gasteiger partial charge in [0.2, 0.25) is 0 Å². The van der Waals surface area contributed by atoms with E-state index in [1.165, 1.54) is 54.3 Å². The summed E-state index contributed by atoms with van der Waals surface area (Å²) in [6, 6.07) is 0. The van der Waals surface area contributed by atoms with Crippen molar-refractivity contribution in [3.05, 3.63) is 5.69 Å². The monoisotopic (exact) mass is 253 g/mol. The van der Waals surface area contributed by atoms with Crippen LogP contribution in [-0.4, -0.2) is 39.0 Å². The van der Waals surface area contributed by atoms with Gasteiger partial charge in [-0.2, -0.15) is 8.75 Å². The number of hydrogen-bond donors (Lipinski definition) is 0. The molecule has 0 aromatic carbocycles. The average molecular weight is 253 g/mol. The number of piperidine rings is 3. The molecule has 16 heavy (non-hydrogen) atoms. The van der Waals surface area contributed by atoms with Crippen molar-refractivity contribution in [2.75, 3.05) is 25.4 Å². The minimum Gasteiger partial charge on any atom is -0.302 e. The van der Waals surface area contributed by atoms with Gasteiger partial charge in [-0.3, -0.25) is 0 Å². The Bertz CT molecular complexity index is 419. The Morgan fingerprint density at radius 2 is 2.25 bits per heavy atom. The van der Waals surface area contributed by atoms with Crippen LogP contribution in [0, 0.1) is 11.8 Å². The van der Waals surface area contributed by atoms with E-state index in [0.29, 0.717) is 5.41 Å². The second-order valence-electron chi connectivity index (χ2n) is 5.21. The normalized spacial score (nSPS) is 42.9. The molecule has 5 rings (SSSR count). The lowest BCUT2D eigenvalue weighted by Crippen LogP contribution is -2.16. The van der Waals surface area contributed by atoms with Crippen LogP contribution in [0.5, 0.6) is 0 Å². The van der Waals surface area contributed by atoms with Gasteiger partial charge in [-0.15, -0.1) is 11.8 Å². The van der Waals surface area contributed by atoms with Crippen LogP contribution in [0.25, 0.3) is 0 Å². The zero-order valence-corrected chi connectivity index (χ0v) is 11.0. The highest BCUT2D eigenvalue weighted by molar-refractivity contribution is 7.99. The van der Waals surface area contributed by atoms with Gasteiger partial charge in [0.1, 0.15) is 5.03 Å². The van der Waals surface area contributed by atoms with Crippen LogP contribution in [0.15, 0.2) is 5.03 Å². The Morgan fingerprint density at radius 1 is 1.44 bits per heavy atom. The molecule has 2 unspecified atom stereocenters.